The summed E-state index contributed by atoms with van der Waals surface area (Å²) in [6.45, 7) is 3.76. The summed E-state index contributed by atoms with van der Waals surface area (Å²) in [6.07, 6.45) is 3.25. The van der Waals surface area contributed by atoms with Gasteiger partial charge in [-0.2, -0.15) is 0 Å². The largest absolute Gasteiger partial charge is 0.307 e. The summed E-state index contributed by atoms with van der Waals surface area (Å²) in [7, 11) is 0. The number of nitrogens with one attached hydrogen (secondary N) is 1. The third-order valence-corrected chi connectivity index (χ3v) is 4.79. The van der Waals surface area contributed by atoms with Crippen LogP contribution in [0.3, 0.4) is 0 Å². The van der Waals surface area contributed by atoms with E-state index in [4.69, 9.17) is 11.6 Å². The SMILES string of the molecule is CC[C@@H](N[C@H](C)CC=O)c1ccc(Cl)c(C(=O)c2ccns2)c1F. The van der Waals surface area contributed by atoms with E-state index in [0.717, 1.165) is 17.8 Å². The highest BCUT2D eigenvalue weighted by Crippen LogP contribution is 2.30. The fourth-order valence-electron chi connectivity index (χ4n) is 2.49. The van der Waals surface area contributed by atoms with Gasteiger partial charge in [-0.05, 0) is 37.0 Å². The highest BCUT2D eigenvalue weighted by molar-refractivity contribution is 7.08. The first kappa shape index (κ1) is 18.7. The minimum atomic E-state index is -0.626. The zero-order chi connectivity index (χ0) is 17.7. The van der Waals surface area contributed by atoms with Crippen LogP contribution in [0.25, 0.3) is 0 Å². The third-order valence-electron chi connectivity index (χ3n) is 3.73. The zero-order valence-corrected chi connectivity index (χ0v) is 15.0. The van der Waals surface area contributed by atoms with Crippen molar-refractivity contribution in [2.75, 3.05) is 0 Å². The van der Waals surface area contributed by atoms with Crippen molar-refractivity contribution in [1.82, 2.24) is 9.69 Å². The number of aromatic nitrogens is 1. The first-order chi connectivity index (χ1) is 11.5. The maximum Gasteiger partial charge on any atom is 0.209 e. The quantitative estimate of drug-likeness (QED) is 0.560. The molecule has 1 aromatic carbocycles. The third kappa shape index (κ3) is 4.06. The minimum Gasteiger partial charge on any atom is -0.307 e. The number of benzene rings is 1. The van der Waals surface area contributed by atoms with Gasteiger partial charge in [0.2, 0.25) is 5.78 Å². The number of nitrogens with zero attached hydrogens (tertiary/aromatic N) is 1. The maximum absolute atomic E-state index is 15.0. The molecule has 7 heteroatoms. The molecule has 128 valence electrons. The molecule has 0 amide bonds. The van der Waals surface area contributed by atoms with Crippen molar-refractivity contribution < 1.29 is 14.0 Å². The van der Waals surface area contributed by atoms with Crippen molar-refractivity contribution in [2.24, 2.45) is 0 Å². The van der Waals surface area contributed by atoms with Crippen LogP contribution in [-0.2, 0) is 4.79 Å². The Morgan fingerprint density at radius 3 is 2.79 bits per heavy atom. The Kier molecular flexibility index (Phi) is 6.60. The molecule has 2 rings (SSSR count). The number of halogens is 2. The highest BCUT2D eigenvalue weighted by Gasteiger charge is 2.25. The summed E-state index contributed by atoms with van der Waals surface area (Å²) in [6, 6.07) is 4.24. The zero-order valence-electron chi connectivity index (χ0n) is 13.4. The lowest BCUT2D eigenvalue weighted by Crippen LogP contribution is -2.31. The molecule has 1 heterocycles. The van der Waals surface area contributed by atoms with Gasteiger partial charge in [-0.15, -0.1) is 0 Å². The molecule has 4 nitrogen and oxygen atoms in total. The summed E-state index contributed by atoms with van der Waals surface area (Å²) in [5.41, 5.74) is 0.231. The molecule has 0 saturated carbocycles. The van der Waals surface area contributed by atoms with Crippen LogP contribution in [0.1, 0.15) is 53.5 Å². The van der Waals surface area contributed by atoms with Gasteiger partial charge in [0.15, 0.2) is 0 Å². The van der Waals surface area contributed by atoms with Crippen molar-refractivity contribution in [1.29, 1.82) is 0 Å². The van der Waals surface area contributed by atoms with Crippen LogP contribution in [0, 0.1) is 5.82 Å². The van der Waals surface area contributed by atoms with Gasteiger partial charge in [0.25, 0.3) is 0 Å². The molecule has 1 N–H and O–H groups in total. The molecule has 0 spiro atoms. The van der Waals surface area contributed by atoms with Crippen LogP contribution in [0.15, 0.2) is 24.4 Å². The Morgan fingerprint density at radius 1 is 1.46 bits per heavy atom. The second-order valence-electron chi connectivity index (χ2n) is 5.46. The molecule has 24 heavy (non-hydrogen) atoms. The maximum atomic E-state index is 15.0. The van der Waals surface area contributed by atoms with Crippen LogP contribution >= 0.6 is 23.1 Å². The number of ketones is 1. The Labute approximate surface area is 149 Å². The smallest absolute Gasteiger partial charge is 0.209 e. The van der Waals surface area contributed by atoms with E-state index in [1.165, 1.54) is 18.3 Å². The number of aldehydes is 1. The Balaban J connectivity index is 2.39. The predicted molar refractivity (Wildman–Crippen MR) is 93.3 cm³/mol. The van der Waals surface area contributed by atoms with E-state index in [-0.39, 0.29) is 22.7 Å². The molecule has 0 aliphatic heterocycles. The fourth-order valence-corrected chi connectivity index (χ4v) is 3.26. The molecule has 0 fully saturated rings. The van der Waals surface area contributed by atoms with Crippen molar-refractivity contribution in [3.63, 3.8) is 0 Å². The lowest BCUT2D eigenvalue weighted by molar-refractivity contribution is -0.108. The van der Waals surface area contributed by atoms with E-state index in [0.29, 0.717) is 23.3 Å². The number of carbonyl (C=O) groups is 2. The molecular weight excluding hydrogens is 351 g/mol. The van der Waals surface area contributed by atoms with Crippen LogP contribution in [-0.4, -0.2) is 22.5 Å². The lowest BCUT2D eigenvalue weighted by Gasteiger charge is -2.23. The molecule has 0 unspecified atom stereocenters. The molecule has 0 aliphatic rings. The predicted octanol–water partition coefficient (Wildman–Crippen LogP) is 4.18. The Hall–Kier alpha value is -1.63. The molecule has 1 aromatic heterocycles. The topological polar surface area (TPSA) is 59.1 Å². The monoisotopic (exact) mass is 368 g/mol. The average Bonchev–Trinajstić information content (AvgIpc) is 3.08. The second-order valence-corrected chi connectivity index (χ2v) is 6.70. The fraction of sp³-hybridized carbons (Fsp3) is 0.353. The van der Waals surface area contributed by atoms with Gasteiger partial charge >= 0.3 is 0 Å². The molecule has 2 atom stereocenters. The van der Waals surface area contributed by atoms with Crippen molar-refractivity contribution in [3.8, 4) is 0 Å². The van der Waals surface area contributed by atoms with Crippen molar-refractivity contribution >= 4 is 35.2 Å². The van der Waals surface area contributed by atoms with Crippen LogP contribution in [0.5, 0.6) is 0 Å². The van der Waals surface area contributed by atoms with E-state index < -0.39 is 11.6 Å². The first-order valence-corrected chi connectivity index (χ1v) is 8.77. The van der Waals surface area contributed by atoms with E-state index in [2.05, 4.69) is 9.69 Å². The van der Waals surface area contributed by atoms with E-state index >= 15 is 4.39 Å². The molecular formula is C17H18ClFN2O2S. The summed E-state index contributed by atoms with van der Waals surface area (Å²) >= 11 is 7.07. The molecule has 0 radical (unpaired) electrons. The van der Waals surface area contributed by atoms with Gasteiger partial charge in [-0.1, -0.05) is 24.6 Å². The number of hydrogen-bond acceptors (Lipinski definition) is 5. The standard InChI is InChI=1S/C17H18ClFN2O2S/c1-3-13(21-10(2)7-9-22)11-4-5-12(18)15(16(11)19)17(23)14-6-8-20-24-14/h4-6,8-10,13,21H,3,7H2,1-2H3/t10-,13-/m1/s1. The Morgan fingerprint density at radius 2 is 2.21 bits per heavy atom. The Bertz CT molecular complexity index is 722. The molecule has 0 bridgehead atoms. The molecule has 0 saturated heterocycles. The van der Waals surface area contributed by atoms with Gasteiger partial charge in [-0.25, -0.2) is 8.76 Å². The first-order valence-electron chi connectivity index (χ1n) is 7.62. The normalized spacial score (nSPS) is 13.5. The summed E-state index contributed by atoms with van der Waals surface area (Å²) < 4.78 is 18.9. The van der Waals surface area contributed by atoms with Crippen LogP contribution < -0.4 is 5.32 Å². The summed E-state index contributed by atoms with van der Waals surface area (Å²) in [5, 5.41) is 3.28. The lowest BCUT2D eigenvalue weighted by atomic mass is 9.97. The van der Waals surface area contributed by atoms with E-state index in [9.17, 15) is 9.59 Å². The van der Waals surface area contributed by atoms with Crippen molar-refractivity contribution in [2.45, 2.75) is 38.8 Å². The van der Waals surface area contributed by atoms with Gasteiger partial charge in [0.1, 0.15) is 12.1 Å². The number of hydrogen-bond donors (Lipinski definition) is 1. The van der Waals surface area contributed by atoms with E-state index in [1.54, 1.807) is 6.07 Å². The van der Waals surface area contributed by atoms with Crippen LogP contribution in [0.4, 0.5) is 4.39 Å². The van der Waals surface area contributed by atoms with Crippen molar-refractivity contribution in [3.05, 3.63) is 51.2 Å². The summed E-state index contributed by atoms with van der Waals surface area (Å²) in [4.78, 5) is 23.5. The van der Waals surface area contributed by atoms with Gasteiger partial charge in [0, 0.05) is 30.3 Å². The van der Waals surface area contributed by atoms with Gasteiger partial charge in [-0.3, -0.25) is 4.79 Å². The number of rotatable bonds is 8. The second kappa shape index (κ2) is 8.46. The van der Waals surface area contributed by atoms with E-state index in [1.807, 2.05) is 13.8 Å². The summed E-state index contributed by atoms with van der Waals surface area (Å²) in [5.74, 6) is -1.10. The van der Waals surface area contributed by atoms with Gasteiger partial charge < -0.3 is 10.1 Å². The van der Waals surface area contributed by atoms with Gasteiger partial charge in [0.05, 0.1) is 15.5 Å². The minimum absolute atomic E-state index is 0.0745. The van der Waals surface area contributed by atoms with Crippen LogP contribution in [0.2, 0.25) is 5.02 Å². The average molecular weight is 369 g/mol. The molecule has 2 aromatic rings. The molecule has 0 aliphatic carbocycles. The highest BCUT2D eigenvalue weighted by atomic mass is 35.5. The number of carbonyl (C=O) groups excluding carboxylic acids is 2.